The fourth-order valence-electron chi connectivity index (χ4n) is 1.31. The molecule has 1 heterocycles. The zero-order chi connectivity index (χ0) is 9.42. The van der Waals surface area contributed by atoms with Crippen molar-refractivity contribution in [2.24, 2.45) is 0 Å². The third kappa shape index (κ3) is 1.27. The Labute approximate surface area is 78.9 Å². The molecule has 0 atom stereocenters. The summed E-state index contributed by atoms with van der Waals surface area (Å²) in [5.74, 6) is -0.943. The van der Waals surface area contributed by atoms with Crippen molar-refractivity contribution in [2.45, 2.75) is 0 Å². The molecular formula is C9H6ClNO2. The topological polar surface area (TPSA) is 53.1 Å². The summed E-state index contributed by atoms with van der Waals surface area (Å²) < 4.78 is 0. The van der Waals surface area contributed by atoms with Gasteiger partial charge in [-0.25, -0.2) is 4.79 Å². The van der Waals surface area contributed by atoms with Crippen LogP contribution in [0, 0.1) is 0 Å². The van der Waals surface area contributed by atoms with E-state index < -0.39 is 5.97 Å². The van der Waals surface area contributed by atoms with E-state index in [1.807, 2.05) is 0 Å². The average molecular weight is 196 g/mol. The Balaban J connectivity index is 2.82. The first-order valence-corrected chi connectivity index (χ1v) is 4.07. The number of benzene rings is 1. The van der Waals surface area contributed by atoms with Crippen molar-refractivity contribution < 1.29 is 9.90 Å². The fourth-order valence-corrected chi connectivity index (χ4v) is 1.52. The Morgan fingerprint density at radius 1 is 1.46 bits per heavy atom. The standard InChI is InChI=1S/C9H6ClNO2/c10-8-4-6-5(9(12)13)2-1-3-7(6)11-8/h1-4,11H,(H,12,13). The lowest BCUT2D eigenvalue weighted by molar-refractivity contribution is 0.0699. The number of aromatic amines is 1. The van der Waals surface area contributed by atoms with Gasteiger partial charge >= 0.3 is 5.97 Å². The van der Waals surface area contributed by atoms with Crippen molar-refractivity contribution in [1.29, 1.82) is 0 Å². The van der Waals surface area contributed by atoms with Crippen molar-refractivity contribution in [3.05, 3.63) is 35.0 Å². The Kier molecular flexibility index (Phi) is 1.74. The number of carbonyl (C=O) groups is 1. The third-order valence-corrected chi connectivity index (χ3v) is 2.07. The summed E-state index contributed by atoms with van der Waals surface area (Å²) in [5.41, 5.74) is 1.01. The molecule has 0 fully saturated rings. The van der Waals surface area contributed by atoms with Gasteiger partial charge in [-0.05, 0) is 18.2 Å². The monoisotopic (exact) mass is 195 g/mol. The molecule has 2 rings (SSSR count). The molecule has 0 amide bonds. The first-order chi connectivity index (χ1) is 6.18. The number of fused-ring (bicyclic) bond motifs is 1. The van der Waals surface area contributed by atoms with E-state index in [0.29, 0.717) is 10.5 Å². The van der Waals surface area contributed by atoms with Gasteiger partial charge in [0.15, 0.2) is 0 Å². The van der Waals surface area contributed by atoms with Crippen LogP contribution < -0.4 is 0 Å². The molecule has 0 bridgehead atoms. The minimum atomic E-state index is -0.943. The van der Waals surface area contributed by atoms with E-state index in [1.54, 1.807) is 24.3 Å². The van der Waals surface area contributed by atoms with Gasteiger partial charge in [0.1, 0.15) is 5.15 Å². The second-order valence-corrected chi connectivity index (χ2v) is 3.10. The highest BCUT2D eigenvalue weighted by Crippen LogP contribution is 2.22. The molecule has 1 aromatic heterocycles. The number of carboxylic acids is 1. The summed E-state index contributed by atoms with van der Waals surface area (Å²) >= 11 is 5.71. The van der Waals surface area contributed by atoms with E-state index in [1.165, 1.54) is 0 Å². The van der Waals surface area contributed by atoms with Crippen LogP contribution in [0.3, 0.4) is 0 Å². The number of H-pyrrole nitrogens is 1. The zero-order valence-electron chi connectivity index (χ0n) is 6.54. The summed E-state index contributed by atoms with van der Waals surface area (Å²) in [4.78, 5) is 13.6. The van der Waals surface area contributed by atoms with E-state index >= 15 is 0 Å². The van der Waals surface area contributed by atoms with Gasteiger partial charge < -0.3 is 10.1 Å². The molecular weight excluding hydrogens is 190 g/mol. The summed E-state index contributed by atoms with van der Waals surface area (Å²) in [6, 6.07) is 6.63. The lowest BCUT2D eigenvalue weighted by Gasteiger charge is -1.94. The van der Waals surface area contributed by atoms with Crippen LogP contribution in [0.5, 0.6) is 0 Å². The first-order valence-electron chi connectivity index (χ1n) is 3.69. The van der Waals surface area contributed by atoms with Crippen LogP contribution in [0.2, 0.25) is 5.15 Å². The maximum Gasteiger partial charge on any atom is 0.336 e. The average Bonchev–Trinajstić information content (AvgIpc) is 2.43. The third-order valence-electron chi connectivity index (χ3n) is 1.86. The van der Waals surface area contributed by atoms with Gasteiger partial charge in [-0.3, -0.25) is 0 Å². The lowest BCUT2D eigenvalue weighted by Crippen LogP contribution is -1.95. The van der Waals surface area contributed by atoms with Crippen LogP contribution in [-0.4, -0.2) is 16.1 Å². The number of hydrogen-bond donors (Lipinski definition) is 2. The highest BCUT2D eigenvalue weighted by atomic mass is 35.5. The quantitative estimate of drug-likeness (QED) is 0.735. The Hall–Kier alpha value is -1.48. The molecule has 66 valence electrons. The molecule has 0 saturated carbocycles. The highest BCUT2D eigenvalue weighted by molar-refractivity contribution is 6.31. The van der Waals surface area contributed by atoms with Crippen LogP contribution in [0.25, 0.3) is 10.9 Å². The van der Waals surface area contributed by atoms with Crippen molar-refractivity contribution in [2.75, 3.05) is 0 Å². The van der Waals surface area contributed by atoms with Crippen molar-refractivity contribution in [1.82, 2.24) is 4.98 Å². The van der Waals surface area contributed by atoms with Gasteiger partial charge in [0.05, 0.1) is 5.56 Å². The predicted molar refractivity (Wildman–Crippen MR) is 50.3 cm³/mol. The molecule has 4 heteroatoms. The number of aromatic nitrogens is 1. The summed E-state index contributed by atoms with van der Waals surface area (Å²) in [6.45, 7) is 0. The Bertz CT molecular complexity index is 475. The van der Waals surface area contributed by atoms with Gasteiger partial charge in [0, 0.05) is 10.9 Å². The molecule has 1 aromatic carbocycles. The number of nitrogens with one attached hydrogen (secondary N) is 1. The van der Waals surface area contributed by atoms with Gasteiger partial charge in [-0.2, -0.15) is 0 Å². The van der Waals surface area contributed by atoms with Gasteiger partial charge in [-0.1, -0.05) is 17.7 Å². The molecule has 0 unspecified atom stereocenters. The second kappa shape index (κ2) is 2.78. The predicted octanol–water partition coefficient (Wildman–Crippen LogP) is 2.52. The van der Waals surface area contributed by atoms with Gasteiger partial charge in [0.2, 0.25) is 0 Å². The Morgan fingerprint density at radius 3 is 2.92 bits per heavy atom. The molecule has 2 N–H and O–H groups in total. The van der Waals surface area contributed by atoms with Crippen LogP contribution in [0.1, 0.15) is 10.4 Å². The van der Waals surface area contributed by atoms with E-state index in [9.17, 15) is 4.79 Å². The number of carboxylic acid groups (broad SMARTS) is 1. The number of hydrogen-bond acceptors (Lipinski definition) is 1. The van der Waals surface area contributed by atoms with Crippen molar-refractivity contribution in [3.63, 3.8) is 0 Å². The highest BCUT2D eigenvalue weighted by Gasteiger charge is 2.09. The summed E-state index contributed by atoms with van der Waals surface area (Å²) in [6.07, 6.45) is 0. The molecule has 0 aliphatic carbocycles. The first kappa shape index (κ1) is 8.13. The molecule has 0 radical (unpaired) electrons. The minimum Gasteiger partial charge on any atom is -0.478 e. The molecule has 0 aliphatic heterocycles. The lowest BCUT2D eigenvalue weighted by atomic mass is 10.1. The van der Waals surface area contributed by atoms with Crippen LogP contribution >= 0.6 is 11.6 Å². The largest absolute Gasteiger partial charge is 0.478 e. The summed E-state index contributed by atoms with van der Waals surface area (Å²) in [5, 5.41) is 9.92. The maximum atomic E-state index is 10.8. The van der Waals surface area contributed by atoms with E-state index in [4.69, 9.17) is 16.7 Å². The molecule has 0 saturated heterocycles. The molecule has 2 aromatic rings. The SMILES string of the molecule is O=C(O)c1cccc2[nH]c(Cl)cc12. The van der Waals surface area contributed by atoms with E-state index in [0.717, 1.165) is 5.52 Å². The number of halogens is 1. The molecule has 3 nitrogen and oxygen atoms in total. The van der Waals surface area contributed by atoms with E-state index in [-0.39, 0.29) is 5.56 Å². The van der Waals surface area contributed by atoms with Crippen LogP contribution in [0.15, 0.2) is 24.3 Å². The fraction of sp³-hybridized carbons (Fsp3) is 0. The van der Waals surface area contributed by atoms with E-state index in [2.05, 4.69) is 4.98 Å². The zero-order valence-corrected chi connectivity index (χ0v) is 7.30. The Morgan fingerprint density at radius 2 is 2.23 bits per heavy atom. The van der Waals surface area contributed by atoms with Gasteiger partial charge in [-0.15, -0.1) is 0 Å². The number of rotatable bonds is 1. The summed E-state index contributed by atoms with van der Waals surface area (Å²) in [7, 11) is 0. The molecule has 13 heavy (non-hydrogen) atoms. The number of aromatic carboxylic acids is 1. The van der Waals surface area contributed by atoms with Gasteiger partial charge in [0.25, 0.3) is 0 Å². The minimum absolute atomic E-state index is 0.264. The second-order valence-electron chi connectivity index (χ2n) is 2.69. The van der Waals surface area contributed by atoms with Crippen molar-refractivity contribution >= 4 is 28.5 Å². The molecule has 0 spiro atoms. The van der Waals surface area contributed by atoms with Crippen molar-refractivity contribution in [3.8, 4) is 0 Å². The van der Waals surface area contributed by atoms with Crippen LogP contribution in [0.4, 0.5) is 0 Å². The normalized spacial score (nSPS) is 10.5. The van der Waals surface area contributed by atoms with Crippen LogP contribution in [-0.2, 0) is 0 Å². The smallest absolute Gasteiger partial charge is 0.336 e. The maximum absolute atomic E-state index is 10.8. The molecule has 0 aliphatic rings.